The number of carbonyl (C=O) groups is 3. The molecule has 0 heterocycles. The molecule has 0 aliphatic rings. The predicted molar refractivity (Wildman–Crippen MR) is 60.5 cm³/mol. The van der Waals surface area contributed by atoms with Crippen LogP contribution in [0.5, 0.6) is 0 Å². The average Bonchev–Trinajstić information content (AvgIpc) is 2.19. The van der Waals surface area contributed by atoms with Crippen molar-refractivity contribution in [2.75, 3.05) is 6.61 Å². The summed E-state index contributed by atoms with van der Waals surface area (Å²) in [5.74, 6) is -1.96. The van der Waals surface area contributed by atoms with E-state index in [1.165, 1.54) is 0 Å². The number of aliphatic carboxylic acids is 2. The van der Waals surface area contributed by atoms with Crippen LogP contribution >= 0.6 is 0 Å². The molecule has 0 spiro atoms. The highest BCUT2D eigenvalue weighted by Gasteiger charge is 1.82. The Bertz CT molecular complexity index is 232. The fourth-order valence-electron chi connectivity index (χ4n) is 0.142. The molecule has 8 nitrogen and oxygen atoms in total. The topological polar surface area (TPSA) is 158 Å². The number of hydrogen-bond donors (Lipinski definition) is 3. The molecule has 0 fully saturated rings. The Balaban J connectivity index is -0.0000000729. The van der Waals surface area contributed by atoms with Crippen molar-refractivity contribution in [3.05, 3.63) is 25.3 Å². The quantitative estimate of drug-likeness (QED) is 0.588. The highest BCUT2D eigenvalue weighted by Crippen LogP contribution is 1.66. The molecule has 0 radical (unpaired) electrons. The van der Waals surface area contributed by atoms with Crippen molar-refractivity contribution < 1.29 is 34.8 Å². The minimum absolute atomic E-state index is 0. The number of rotatable bonds is 3. The van der Waals surface area contributed by atoms with Gasteiger partial charge in [0.05, 0.1) is 6.61 Å². The van der Waals surface area contributed by atoms with Crippen LogP contribution < -0.4 is 5.73 Å². The molecule has 6 N–H and O–H groups in total. The Hall–Kier alpha value is -2.35. The summed E-state index contributed by atoms with van der Waals surface area (Å²) in [6, 6.07) is 0. The largest absolute Gasteiger partial charge is 0.478 e. The van der Waals surface area contributed by atoms with Gasteiger partial charge in [-0.2, -0.15) is 0 Å². The van der Waals surface area contributed by atoms with Gasteiger partial charge in [0.25, 0.3) is 0 Å². The van der Waals surface area contributed by atoms with E-state index in [0.29, 0.717) is 6.61 Å². The third-order valence-electron chi connectivity index (χ3n) is 0.636. The number of amides is 1. The van der Waals surface area contributed by atoms with Gasteiger partial charge in [-0.05, 0) is 6.92 Å². The number of hydrogen-bond acceptors (Lipinski definition) is 4. The molecule has 0 bridgehead atoms. The number of nitrogens with two attached hydrogens (primary N) is 1. The van der Waals surface area contributed by atoms with Gasteiger partial charge in [-0.15, -0.1) is 0 Å². The van der Waals surface area contributed by atoms with E-state index in [1.807, 2.05) is 0 Å². The molecule has 0 atom stereocenters. The average molecular weight is 251 g/mol. The second-order valence-corrected chi connectivity index (χ2v) is 1.84. The summed E-state index contributed by atoms with van der Waals surface area (Å²) in [6.45, 7) is 7.98. The molecule has 0 rings (SSSR count). The van der Waals surface area contributed by atoms with Gasteiger partial charge in [-0.25, -0.2) is 14.4 Å². The molecule has 8 heteroatoms. The number of carboxylic acid groups (broad SMARTS) is 2. The summed E-state index contributed by atoms with van der Waals surface area (Å²) < 4.78 is 4.18. The monoisotopic (exact) mass is 251 g/mol. The lowest BCUT2D eigenvalue weighted by molar-refractivity contribution is -0.132. The number of ether oxygens (including phenoxy) is 1. The fourth-order valence-corrected chi connectivity index (χ4v) is 0.142. The number of primary amides is 1. The molecular weight excluding hydrogens is 234 g/mol. The standard InChI is InChI=1S/C3H7NO2.2C3H4O2.H2O/c1-2-6-3(4)5;2*1-2-3(4)5;/h2H2,1H3,(H2,4,5);2*2H,1H2,(H,4,5);1H2. The minimum Gasteiger partial charge on any atom is -0.478 e. The number of carboxylic acids is 2. The van der Waals surface area contributed by atoms with Gasteiger partial charge < -0.3 is 26.2 Å². The lowest BCUT2D eigenvalue weighted by Crippen LogP contribution is -2.11. The summed E-state index contributed by atoms with van der Waals surface area (Å²) in [4.78, 5) is 28.1. The third kappa shape index (κ3) is 85.7. The molecule has 17 heavy (non-hydrogen) atoms. The lowest BCUT2D eigenvalue weighted by Gasteiger charge is -1.89. The van der Waals surface area contributed by atoms with Gasteiger partial charge in [0.15, 0.2) is 0 Å². The van der Waals surface area contributed by atoms with Crippen molar-refractivity contribution in [3.8, 4) is 0 Å². The van der Waals surface area contributed by atoms with Crippen LogP contribution in [0.1, 0.15) is 6.92 Å². The summed E-state index contributed by atoms with van der Waals surface area (Å²) in [6.07, 6.45) is 0.956. The van der Waals surface area contributed by atoms with Crippen molar-refractivity contribution >= 4 is 18.0 Å². The predicted octanol–water partition coefficient (Wildman–Crippen LogP) is -0.209. The van der Waals surface area contributed by atoms with Crippen LogP contribution in [0.3, 0.4) is 0 Å². The highest BCUT2D eigenvalue weighted by molar-refractivity contribution is 5.79. The van der Waals surface area contributed by atoms with Crippen molar-refractivity contribution in [1.29, 1.82) is 0 Å². The van der Waals surface area contributed by atoms with Gasteiger partial charge >= 0.3 is 18.0 Å². The van der Waals surface area contributed by atoms with Gasteiger partial charge in [0, 0.05) is 12.2 Å². The molecule has 0 aliphatic heterocycles. The molecule has 0 aromatic rings. The maximum Gasteiger partial charge on any atom is 0.404 e. The fraction of sp³-hybridized carbons (Fsp3) is 0.222. The SMILES string of the molecule is C=CC(=O)O.C=CC(=O)O.CCOC(N)=O.O. The minimum atomic E-state index is -0.981. The van der Waals surface area contributed by atoms with Crippen molar-refractivity contribution in [2.45, 2.75) is 6.92 Å². The Labute approximate surface area is 98.3 Å². The summed E-state index contributed by atoms with van der Waals surface area (Å²) >= 11 is 0. The van der Waals surface area contributed by atoms with Gasteiger partial charge in [-0.1, -0.05) is 13.2 Å². The highest BCUT2D eigenvalue weighted by atomic mass is 16.5. The molecule has 0 saturated carbocycles. The van der Waals surface area contributed by atoms with Crippen LogP contribution in [0.15, 0.2) is 25.3 Å². The van der Waals surface area contributed by atoms with E-state index in [0.717, 1.165) is 12.2 Å². The zero-order chi connectivity index (χ0) is 13.6. The van der Waals surface area contributed by atoms with Crippen LogP contribution in [0.25, 0.3) is 0 Å². The molecule has 0 unspecified atom stereocenters. The first-order chi connectivity index (χ1) is 7.31. The van der Waals surface area contributed by atoms with E-state index in [-0.39, 0.29) is 5.48 Å². The number of carbonyl (C=O) groups excluding carboxylic acids is 1. The van der Waals surface area contributed by atoms with Crippen molar-refractivity contribution in [3.63, 3.8) is 0 Å². The van der Waals surface area contributed by atoms with E-state index in [1.54, 1.807) is 6.92 Å². The zero-order valence-corrected chi connectivity index (χ0v) is 9.38. The van der Waals surface area contributed by atoms with Crippen LogP contribution in [-0.2, 0) is 14.3 Å². The third-order valence-corrected chi connectivity index (χ3v) is 0.636. The van der Waals surface area contributed by atoms with Crippen LogP contribution in [0.2, 0.25) is 0 Å². The Morgan fingerprint density at radius 2 is 1.41 bits per heavy atom. The van der Waals surface area contributed by atoms with Gasteiger partial charge in [0.1, 0.15) is 0 Å². The zero-order valence-electron chi connectivity index (χ0n) is 9.38. The van der Waals surface area contributed by atoms with E-state index < -0.39 is 18.0 Å². The molecule has 100 valence electrons. The molecule has 0 aromatic heterocycles. The van der Waals surface area contributed by atoms with E-state index in [2.05, 4.69) is 23.6 Å². The lowest BCUT2D eigenvalue weighted by atomic mass is 10.7. The van der Waals surface area contributed by atoms with Crippen LogP contribution in [-0.4, -0.2) is 40.3 Å². The molecular formula is C9H17NO7. The second kappa shape index (κ2) is 19.3. The van der Waals surface area contributed by atoms with Crippen LogP contribution in [0.4, 0.5) is 4.79 Å². The second-order valence-electron chi connectivity index (χ2n) is 1.84. The Kier molecular flexibility index (Phi) is 27.3. The van der Waals surface area contributed by atoms with E-state index in [9.17, 15) is 14.4 Å². The van der Waals surface area contributed by atoms with Crippen LogP contribution in [0, 0.1) is 0 Å². The normalized spacial score (nSPS) is 6.41. The molecule has 0 aromatic carbocycles. The van der Waals surface area contributed by atoms with E-state index in [4.69, 9.17) is 10.2 Å². The van der Waals surface area contributed by atoms with Gasteiger partial charge in [-0.3, -0.25) is 0 Å². The molecule has 0 saturated heterocycles. The van der Waals surface area contributed by atoms with Gasteiger partial charge in [0.2, 0.25) is 0 Å². The molecule has 1 amide bonds. The maximum absolute atomic E-state index is 9.60. The van der Waals surface area contributed by atoms with Crippen molar-refractivity contribution in [2.24, 2.45) is 5.73 Å². The first kappa shape index (κ1) is 24.1. The van der Waals surface area contributed by atoms with E-state index >= 15 is 0 Å². The molecule has 0 aliphatic carbocycles. The Morgan fingerprint density at radius 1 is 1.18 bits per heavy atom. The Morgan fingerprint density at radius 3 is 1.41 bits per heavy atom. The summed E-state index contributed by atoms with van der Waals surface area (Å²) in [5, 5.41) is 15.2. The first-order valence-corrected chi connectivity index (χ1v) is 3.94. The first-order valence-electron chi connectivity index (χ1n) is 3.94. The summed E-state index contributed by atoms with van der Waals surface area (Å²) in [7, 11) is 0. The summed E-state index contributed by atoms with van der Waals surface area (Å²) in [5.41, 5.74) is 4.54. The van der Waals surface area contributed by atoms with Crippen molar-refractivity contribution in [1.82, 2.24) is 0 Å². The maximum atomic E-state index is 9.60. The smallest absolute Gasteiger partial charge is 0.404 e.